The van der Waals surface area contributed by atoms with Crippen molar-refractivity contribution in [1.82, 2.24) is 0 Å². The van der Waals surface area contributed by atoms with Gasteiger partial charge in [0.05, 0.1) is 11.6 Å². The second-order valence-corrected chi connectivity index (χ2v) is 6.26. The topological polar surface area (TPSA) is 59.3 Å². The number of carbonyl (C=O) groups excluding carboxylic acids is 1. The van der Waals surface area contributed by atoms with E-state index in [1.807, 2.05) is 36.4 Å². The van der Waals surface area contributed by atoms with Gasteiger partial charge in [-0.3, -0.25) is 0 Å². The van der Waals surface area contributed by atoms with Crippen molar-refractivity contribution in [3.63, 3.8) is 0 Å². The minimum absolute atomic E-state index is 0.227. The first-order valence-corrected chi connectivity index (χ1v) is 8.88. The SMILES string of the molecule is N#C/C(=C/c1cccc(OC(=O)COc2ccc(Cl)cc2)c1)c1ccccc1. The van der Waals surface area contributed by atoms with Gasteiger partial charge in [0.15, 0.2) is 6.61 Å². The van der Waals surface area contributed by atoms with E-state index in [1.54, 1.807) is 48.5 Å². The number of hydrogen-bond donors (Lipinski definition) is 0. The van der Waals surface area contributed by atoms with Crippen molar-refractivity contribution in [2.75, 3.05) is 6.61 Å². The third-order valence-electron chi connectivity index (χ3n) is 3.78. The summed E-state index contributed by atoms with van der Waals surface area (Å²) in [4.78, 5) is 12.0. The Bertz CT molecular complexity index is 1020. The highest BCUT2D eigenvalue weighted by molar-refractivity contribution is 6.30. The number of halogens is 1. The Morgan fingerprint density at radius 1 is 0.964 bits per heavy atom. The van der Waals surface area contributed by atoms with E-state index in [1.165, 1.54) is 0 Å². The molecule has 0 unspecified atom stereocenters. The summed E-state index contributed by atoms with van der Waals surface area (Å²) in [5.74, 6) is 0.378. The Hall–Kier alpha value is -3.55. The second-order valence-electron chi connectivity index (χ2n) is 5.82. The molecule has 0 aliphatic carbocycles. The van der Waals surface area contributed by atoms with Crippen LogP contribution in [0.5, 0.6) is 11.5 Å². The Kier molecular flexibility index (Phi) is 6.46. The molecule has 0 aliphatic heterocycles. The molecule has 138 valence electrons. The number of esters is 1. The molecule has 0 N–H and O–H groups in total. The smallest absolute Gasteiger partial charge is 0.349 e. The standard InChI is InChI=1S/C23H16ClNO3/c24-20-9-11-21(12-10-20)27-16-23(26)28-22-8-4-5-17(14-22)13-19(15-25)18-6-2-1-3-7-18/h1-14H,16H2/b19-13-. The lowest BCUT2D eigenvalue weighted by Crippen LogP contribution is -2.17. The first-order valence-electron chi connectivity index (χ1n) is 8.50. The molecule has 0 atom stereocenters. The van der Waals surface area contributed by atoms with Crippen LogP contribution < -0.4 is 9.47 Å². The zero-order valence-electron chi connectivity index (χ0n) is 14.8. The molecule has 0 aromatic heterocycles. The largest absolute Gasteiger partial charge is 0.482 e. The van der Waals surface area contributed by atoms with Gasteiger partial charge in [0.25, 0.3) is 0 Å². The van der Waals surface area contributed by atoms with E-state index in [-0.39, 0.29) is 6.61 Å². The number of ether oxygens (including phenoxy) is 2. The first kappa shape index (κ1) is 19.2. The summed E-state index contributed by atoms with van der Waals surface area (Å²) in [6.07, 6.45) is 1.75. The molecule has 0 radical (unpaired) electrons. The molecule has 0 saturated carbocycles. The Morgan fingerprint density at radius 3 is 2.43 bits per heavy atom. The third-order valence-corrected chi connectivity index (χ3v) is 4.03. The molecule has 5 heteroatoms. The van der Waals surface area contributed by atoms with Crippen molar-refractivity contribution in [2.24, 2.45) is 0 Å². The first-order chi connectivity index (χ1) is 13.6. The predicted octanol–water partition coefficient (Wildman–Crippen LogP) is 5.39. The minimum Gasteiger partial charge on any atom is -0.482 e. The van der Waals surface area contributed by atoms with Crippen LogP contribution in [0.3, 0.4) is 0 Å². The van der Waals surface area contributed by atoms with Gasteiger partial charge in [-0.1, -0.05) is 54.1 Å². The lowest BCUT2D eigenvalue weighted by atomic mass is 10.0. The van der Waals surface area contributed by atoms with Gasteiger partial charge in [0.2, 0.25) is 0 Å². The van der Waals surface area contributed by atoms with E-state index in [4.69, 9.17) is 21.1 Å². The van der Waals surface area contributed by atoms with Gasteiger partial charge in [-0.25, -0.2) is 4.79 Å². The summed E-state index contributed by atoms with van der Waals surface area (Å²) in [6.45, 7) is -0.227. The number of carbonyl (C=O) groups is 1. The minimum atomic E-state index is -0.528. The molecule has 0 bridgehead atoms. The number of nitriles is 1. The average Bonchev–Trinajstić information content (AvgIpc) is 2.72. The number of allylic oxidation sites excluding steroid dienone is 1. The number of benzene rings is 3. The van der Waals surface area contributed by atoms with Crippen LogP contribution in [0, 0.1) is 11.3 Å². The van der Waals surface area contributed by atoms with Crippen LogP contribution in [0.25, 0.3) is 11.6 Å². The Labute approximate surface area is 168 Å². The van der Waals surface area contributed by atoms with Crippen molar-refractivity contribution in [3.05, 3.63) is 95.0 Å². The highest BCUT2D eigenvalue weighted by atomic mass is 35.5. The van der Waals surface area contributed by atoms with E-state index in [0.29, 0.717) is 22.1 Å². The molecule has 0 spiro atoms. The van der Waals surface area contributed by atoms with Crippen LogP contribution in [0.4, 0.5) is 0 Å². The summed E-state index contributed by atoms with van der Waals surface area (Å²) in [7, 11) is 0. The predicted molar refractivity (Wildman–Crippen MR) is 109 cm³/mol. The zero-order chi connectivity index (χ0) is 19.8. The van der Waals surface area contributed by atoms with Crippen LogP contribution in [0.2, 0.25) is 5.02 Å². The fourth-order valence-electron chi connectivity index (χ4n) is 2.47. The van der Waals surface area contributed by atoms with Crippen molar-refractivity contribution >= 4 is 29.2 Å². The van der Waals surface area contributed by atoms with E-state index < -0.39 is 5.97 Å². The molecular weight excluding hydrogens is 374 g/mol. The molecule has 28 heavy (non-hydrogen) atoms. The summed E-state index contributed by atoms with van der Waals surface area (Å²) < 4.78 is 10.7. The lowest BCUT2D eigenvalue weighted by molar-refractivity contribution is -0.136. The maximum absolute atomic E-state index is 12.0. The van der Waals surface area contributed by atoms with Gasteiger partial charge in [0, 0.05) is 5.02 Å². The van der Waals surface area contributed by atoms with Crippen LogP contribution in [0.15, 0.2) is 78.9 Å². The van der Waals surface area contributed by atoms with Gasteiger partial charge in [-0.2, -0.15) is 5.26 Å². The van der Waals surface area contributed by atoms with E-state index in [0.717, 1.165) is 11.1 Å². The van der Waals surface area contributed by atoms with Gasteiger partial charge < -0.3 is 9.47 Å². The fourth-order valence-corrected chi connectivity index (χ4v) is 2.59. The highest BCUT2D eigenvalue weighted by Crippen LogP contribution is 2.21. The average molecular weight is 390 g/mol. The molecule has 0 saturated heterocycles. The van der Waals surface area contributed by atoms with Crippen LogP contribution in [-0.2, 0) is 4.79 Å². The molecule has 3 rings (SSSR count). The van der Waals surface area contributed by atoms with E-state index >= 15 is 0 Å². The van der Waals surface area contributed by atoms with Gasteiger partial charge >= 0.3 is 5.97 Å². The van der Waals surface area contributed by atoms with Gasteiger partial charge in [-0.05, 0) is 53.6 Å². The Morgan fingerprint density at radius 2 is 1.71 bits per heavy atom. The third kappa shape index (κ3) is 5.47. The Balaban J connectivity index is 1.66. The molecule has 3 aromatic rings. The van der Waals surface area contributed by atoms with Crippen molar-refractivity contribution in [2.45, 2.75) is 0 Å². The maximum Gasteiger partial charge on any atom is 0.349 e. The lowest BCUT2D eigenvalue weighted by Gasteiger charge is -2.07. The fraction of sp³-hybridized carbons (Fsp3) is 0.0435. The van der Waals surface area contributed by atoms with Gasteiger partial charge in [-0.15, -0.1) is 0 Å². The van der Waals surface area contributed by atoms with Crippen LogP contribution in [-0.4, -0.2) is 12.6 Å². The van der Waals surface area contributed by atoms with Crippen LogP contribution in [0.1, 0.15) is 11.1 Å². The quantitative estimate of drug-likeness (QED) is 0.245. The number of hydrogen-bond acceptors (Lipinski definition) is 4. The van der Waals surface area contributed by atoms with E-state index in [2.05, 4.69) is 6.07 Å². The summed E-state index contributed by atoms with van der Waals surface area (Å²) in [6, 6.07) is 25.2. The molecule has 0 fully saturated rings. The second kappa shape index (κ2) is 9.40. The highest BCUT2D eigenvalue weighted by Gasteiger charge is 2.07. The van der Waals surface area contributed by atoms with Crippen molar-refractivity contribution < 1.29 is 14.3 Å². The molecule has 0 aliphatic rings. The zero-order valence-corrected chi connectivity index (χ0v) is 15.6. The van der Waals surface area contributed by atoms with E-state index in [9.17, 15) is 10.1 Å². The summed E-state index contributed by atoms with van der Waals surface area (Å²) in [5, 5.41) is 10.0. The van der Waals surface area contributed by atoms with Gasteiger partial charge in [0.1, 0.15) is 11.5 Å². The number of rotatable bonds is 6. The molecule has 0 heterocycles. The monoisotopic (exact) mass is 389 g/mol. The van der Waals surface area contributed by atoms with Crippen LogP contribution >= 0.6 is 11.6 Å². The molecule has 0 amide bonds. The molecular formula is C23H16ClNO3. The molecule has 3 aromatic carbocycles. The van der Waals surface area contributed by atoms with Crippen molar-refractivity contribution in [1.29, 1.82) is 5.26 Å². The van der Waals surface area contributed by atoms with Crippen molar-refractivity contribution in [3.8, 4) is 17.6 Å². The normalized spacial score (nSPS) is 10.8. The summed E-state index contributed by atoms with van der Waals surface area (Å²) >= 11 is 5.81. The molecule has 4 nitrogen and oxygen atoms in total. The summed E-state index contributed by atoms with van der Waals surface area (Å²) in [5.41, 5.74) is 2.10. The number of nitrogens with zero attached hydrogens (tertiary/aromatic N) is 1. The maximum atomic E-state index is 12.0.